The Bertz CT molecular complexity index is 480. The maximum atomic E-state index is 12.9. The third-order valence-electron chi connectivity index (χ3n) is 3.87. The highest BCUT2D eigenvalue weighted by atomic mass is 35.5. The van der Waals surface area contributed by atoms with Gasteiger partial charge in [-0.05, 0) is 24.6 Å². The van der Waals surface area contributed by atoms with E-state index in [1.54, 1.807) is 0 Å². The molecule has 1 atom stereocenters. The molecule has 0 radical (unpaired) electrons. The average Bonchev–Trinajstić information content (AvgIpc) is 2.45. The monoisotopic (exact) mass is 374 g/mol. The fraction of sp³-hybridized carbons (Fsp3) is 0.600. The van der Waals surface area contributed by atoms with Gasteiger partial charge >= 0.3 is 6.18 Å². The van der Waals surface area contributed by atoms with E-state index >= 15 is 0 Å². The van der Waals surface area contributed by atoms with Crippen molar-refractivity contribution in [3.63, 3.8) is 0 Å². The predicted molar refractivity (Wildman–Crippen MR) is 89.7 cm³/mol. The number of benzene rings is 1. The number of nitrogens with zero attached hydrogens (tertiary/aromatic N) is 1. The first kappa shape index (κ1) is 22.3. The summed E-state index contributed by atoms with van der Waals surface area (Å²) in [5, 5.41) is 13.2. The van der Waals surface area contributed by atoms with Crippen molar-refractivity contribution in [2.24, 2.45) is 0 Å². The molecular formula is C15H23Cl2F3N2O. The van der Waals surface area contributed by atoms with E-state index in [1.807, 2.05) is 6.92 Å². The average molecular weight is 375 g/mol. The van der Waals surface area contributed by atoms with Crippen molar-refractivity contribution < 1.29 is 18.3 Å². The van der Waals surface area contributed by atoms with E-state index in [1.165, 1.54) is 0 Å². The molecule has 0 saturated carbocycles. The molecule has 0 unspecified atom stereocenters. The van der Waals surface area contributed by atoms with Gasteiger partial charge in [-0.3, -0.25) is 4.90 Å². The van der Waals surface area contributed by atoms with Crippen molar-refractivity contribution in [2.45, 2.75) is 32.0 Å². The van der Waals surface area contributed by atoms with E-state index in [4.69, 9.17) is 0 Å². The van der Waals surface area contributed by atoms with Gasteiger partial charge in [-0.15, -0.1) is 24.8 Å². The first-order valence-corrected chi connectivity index (χ1v) is 7.28. The maximum Gasteiger partial charge on any atom is 0.416 e. The van der Waals surface area contributed by atoms with E-state index in [0.29, 0.717) is 5.56 Å². The fourth-order valence-electron chi connectivity index (χ4n) is 2.80. The highest BCUT2D eigenvalue weighted by Gasteiger charge is 2.33. The summed E-state index contributed by atoms with van der Waals surface area (Å²) in [5.41, 5.74) is -0.319. The minimum Gasteiger partial charge on any atom is -0.508 e. The number of piperazine rings is 1. The summed E-state index contributed by atoms with van der Waals surface area (Å²) in [6.45, 7) is 5.19. The standard InChI is InChI=1S/C15H21F3N2O.2ClH/c1-2-3-13(20-8-6-19-7-9-20)12-10-11(15(16,17)18)4-5-14(12)21;;/h4-5,10,13,19,21H,2-3,6-9H2,1H3;2*1H/t13-;;/m1../s1. The van der Waals surface area contributed by atoms with Crippen LogP contribution in [0.1, 0.15) is 36.9 Å². The third kappa shape index (κ3) is 5.71. The number of hydrogen-bond acceptors (Lipinski definition) is 3. The molecule has 8 heteroatoms. The first-order valence-electron chi connectivity index (χ1n) is 7.28. The number of nitrogens with one attached hydrogen (secondary N) is 1. The zero-order chi connectivity index (χ0) is 15.5. The summed E-state index contributed by atoms with van der Waals surface area (Å²) in [6.07, 6.45) is -2.80. The summed E-state index contributed by atoms with van der Waals surface area (Å²) < 4.78 is 38.7. The molecular weight excluding hydrogens is 352 g/mol. The molecule has 0 bridgehead atoms. The number of rotatable bonds is 4. The molecule has 1 aromatic rings. The summed E-state index contributed by atoms with van der Waals surface area (Å²) in [4.78, 5) is 2.15. The third-order valence-corrected chi connectivity index (χ3v) is 3.87. The Morgan fingerprint density at radius 2 is 1.83 bits per heavy atom. The molecule has 3 nitrogen and oxygen atoms in total. The van der Waals surface area contributed by atoms with E-state index in [-0.39, 0.29) is 36.6 Å². The van der Waals surface area contributed by atoms with Crippen LogP contribution in [0.4, 0.5) is 13.2 Å². The van der Waals surface area contributed by atoms with Crippen molar-refractivity contribution in [2.75, 3.05) is 26.2 Å². The Hall–Kier alpha value is -0.690. The quantitative estimate of drug-likeness (QED) is 0.835. The molecule has 2 N–H and O–H groups in total. The topological polar surface area (TPSA) is 35.5 Å². The minimum atomic E-state index is -4.39. The van der Waals surface area contributed by atoms with Gasteiger partial charge in [-0.2, -0.15) is 13.2 Å². The Balaban J connectivity index is 0.00000242. The Morgan fingerprint density at radius 3 is 2.35 bits per heavy atom. The van der Waals surface area contributed by atoms with Crippen LogP contribution < -0.4 is 5.32 Å². The number of alkyl halides is 3. The molecule has 0 spiro atoms. The second kappa shape index (κ2) is 9.57. The summed E-state index contributed by atoms with van der Waals surface area (Å²) >= 11 is 0. The van der Waals surface area contributed by atoms with Crippen molar-refractivity contribution in [1.29, 1.82) is 0 Å². The van der Waals surface area contributed by atoms with Crippen LogP contribution in [0, 0.1) is 0 Å². The molecule has 0 aliphatic carbocycles. The molecule has 23 heavy (non-hydrogen) atoms. The van der Waals surface area contributed by atoms with Crippen LogP contribution in [0.25, 0.3) is 0 Å². The van der Waals surface area contributed by atoms with Crippen LogP contribution in [0.2, 0.25) is 0 Å². The van der Waals surface area contributed by atoms with Crippen molar-refractivity contribution in [3.8, 4) is 5.75 Å². The Kier molecular flexibility index (Phi) is 9.28. The smallest absolute Gasteiger partial charge is 0.416 e. The number of phenolic OH excluding ortho intramolecular Hbond substituents is 1. The van der Waals surface area contributed by atoms with Gasteiger partial charge in [0.2, 0.25) is 0 Å². The largest absolute Gasteiger partial charge is 0.508 e. The number of hydrogen-bond donors (Lipinski definition) is 2. The lowest BCUT2D eigenvalue weighted by molar-refractivity contribution is -0.137. The van der Waals surface area contributed by atoms with Crippen molar-refractivity contribution in [1.82, 2.24) is 10.2 Å². The highest BCUT2D eigenvalue weighted by molar-refractivity contribution is 5.85. The first-order chi connectivity index (χ1) is 9.93. The van der Waals surface area contributed by atoms with E-state index < -0.39 is 11.7 Å². The van der Waals surface area contributed by atoms with Gasteiger partial charge in [-0.1, -0.05) is 13.3 Å². The second-order valence-corrected chi connectivity index (χ2v) is 5.36. The molecule has 1 fully saturated rings. The molecule has 1 heterocycles. The predicted octanol–water partition coefficient (Wildman–Crippen LogP) is 4.00. The normalized spacial score (nSPS) is 17.0. The SMILES string of the molecule is CCC[C@H](c1cc(C(F)(F)F)ccc1O)N1CCNCC1.Cl.Cl. The summed E-state index contributed by atoms with van der Waals surface area (Å²) in [6, 6.07) is 3.01. The zero-order valence-electron chi connectivity index (χ0n) is 12.9. The van der Waals surface area contributed by atoms with Crippen LogP contribution in [-0.2, 0) is 6.18 Å². The molecule has 0 aromatic heterocycles. The lowest BCUT2D eigenvalue weighted by atomic mass is 9.96. The molecule has 134 valence electrons. The Labute approximate surface area is 147 Å². The van der Waals surface area contributed by atoms with E-state index in [0.717, 1.165) is 57.2 Å². The number of halogens is 5. The van der Waals surface area contributed by atoms with Gasteiger partial charge in [0.25, 0.3) is 0 Å². The van der Waals surface area contributed by atoms with Gasteiger partial charge < -0.3 is 10.4 Å². The summed E-state index contributed by atoms with van der Waals surface area (Å²) in [7, 11) is 0. The molecule has 1 aliphatic heterocycles. The van der Waals surface area contributed by atoms with Gasteiger partial charge in [0.1, 0.15) is 5.75 Å². The molecule has 0 amide bonds. The van der Waals surface area contributed by atoms with Gasteiger partial charge in [-0.25, -0.2) is 0 Å². The van der Waals surface area contributed by atoms with E-state index in [2.05, 4.69) is 10.2 Å². The minimum absolute atomic E-state index is 0. The molecule has 2 rings (SSSR count). The van der Waals surface area contributed by atoms with Crippen LogP contribution in [0.15, 0.2) is 18.2 Å². The number of aromatic hydroxyl groups is 1. The lowest BCUT2D eigenvalue weighted by Gasteiger charge is -2.35. The summed E-state index contributed by atoms with van der Waals surface area (Å²) in [5.74, 6) is -0.0556. The molecule has 1 saturated heterocycles. The maximum absolute atomic E-state index is 12.9. The molecule has 1 aromatic carbocycles. The zero-order valence-corrected chi connectivity index (χ0v) is 14.5. The fourth-order valence-corrected chi connectivity index (χ4v) is 2.80. The van der Waals surface area contributed by atoms with Crippen LogP contribution in [-0.4, -0.2) is 36.2 Å². The van der Waals surface area contributed by atoms with Crippen LogP contribution in [0.5, 0.6) is 5.75 Å². The van der Waals surface area contributed by atoms with Gasteiger partial charge in [0, 0.05) is 37.8 Å². The van der Waals surface area contributed by atoms with Crippen LogP contribution >= 0.6 is 24.8 Å². The van der Waals surface area contributed by atoms with Crippen molar-refractivity contribution in [3.05, 3.63) is 29.3 Å². The van der Waals surface area contributed by atoms with E-state index in [9.17, 15) is 18.3 Å². The Morgan fingerprint density at radius 1 is 1.22 bits per heavy atom. The van der Waals surface area contributed by atoms with Gasteiger partial charge in [0.05, 0.1) is 5.56 Å². The molecule has 1 aliphatic rings. The van der Waals surface area contributed by atoms with Crippen molar-refractivity contribution >= 4 is 24.8 Å². The van der Waals surface area contributed by atoms with Crippen LogP contribution in [0.3, 0.4) is 0 Å². The number of phenols is 1. The lowest BCUT2D eigenvalue weighted by Crippen LogP contribution is -2.45. The van der Waals surface area contributed by atoms with Gasteiger partial charge in [0.15, 0.2) is 0 Å². The highest BCUT2D eigenvalue weighted by Crippen LogP contribution is 2.37. The second-order valence-electron chi connectivity index (χ2n) is 5.36.